The van der Waals surface area contributed by atoms with Gasteiger partial charge in [-0.1, -0.05) is 69.9 Å². The maximum absolute atomic E-state index is 2.47. The molecule has 7 rings (SSSR count). The van der Waals surface area contributed by atoms with Gasteiger partial charge in [0.2, 0.25) is 0 Å². The van der Waals surface area contributed by atoms with E-state index in [-0.39, 0.29) is 0 Å². The van der Waals surface area contributed by atoms with Gasteiger partial charge in [0.15, 0.2) is 0 Å². The predicted octanol–water partition coefficient (Wildman–Crippen LogP) is 8.30. The van der Waals surface area contributed by atoms with Crippen LogP contribution in [0.1, 0.15) is 58.8 Å². The average molecular weight is 477 g/mol. The molecular formula is C21H32S6. The normalized spacial score (nSPS) is 58.9. The second-order valence-corrected chi connectivity index (χ2v) is 19.1. The smallest absolute Gasteiger partial charge is 0.0321 e. The minimum absolute atomic E-state index is 1.03. The Morgan fingerprint density at radius 1 is 0.630 bits per heavy atom. The SMILES string of the molecule is CC1CC2C(C1)C1CC2C2SSSC12.CCCC1CC2CC1C1SSSC21. The summed E-state index contributed by atoms with van der Waals surface area (Å²) in [5.41, 5.74) is 0. The molecule has 0 spiro atoms. The molecule has 0 aromatic carbocycles. The van der Waals surface area contributed by atoms with Crippen LogP contribution in [0, 0.1) is 47.3 Å². The second-order valence-electron chi connectivity index (χ2n) is 10.3. The summed E-state index contributed by atoms with van der Waals surface area (Å²) in [5, 5.41) is 4.15. The van der Waals surface area contributed by atoms with E-state index in [2.05, 4.69) is 76.7 Å². The summed E-state index contributed by atoms with van der Waals surface area (Å²) in [5.74, 6) is 8.85. The summed E-state index contributed by atoms with van der Waals surface area (Å²) in [7, 11) is 12.9. The monoisotopic (exact) mass is 476 g/mol. The van der Waals surface area contributed by atoms with Gasteiger partial charge in [-0.2, -0.15) is 0 Å². The maximum atomic E-state index is 2.47. The lowest BCUT2D eigenvalue weighted by molar-refractivity contribution is 0.274. The predicted molar refractivity (Wildman–Crippen MR) is 132 cm³/mol. The fourth-order valence-corrected chi connectivity index (χ4v) is 21.7. The first-order valence-electron chi connectivity index (χ1n) is 11.2. The van der Waals surface area contributed by atoms with Crippen molar-refractivity contribution in [2.75, 3.05) is 0 Å². The molecule has 2 heterocycles. The zero-order valence-corrected chi connectivity index (χ0v) is 21.2. The Bertz CT molecular complexity index is 547. The Morgan fingerprint density at radius 2 is 1.22 bits per heavy atom. The minimum Gasteiger partial charge on any atom is -0.0776 e. The molecule has 11 atom stereocenters. The first-order valence-corrected chi connectivity index (χ1v) is 18.4. The van der Waals surface area contributed by atoms with Gasteiger partial charge in [-0.05, 0) is 99.1 Å². The van der Waals surface area contributed by atoms with Crippen molar-refractivity contribution in [2.45, 2.75) is 79.8 Å². The molecule has 7 fully saturated rings. The van der Waals surface area contributed by atoms with Crippen LogP contribution in [0.2, 0.25) is 0 Å². The zero-order valence-electron chi connectivity index (χ0n) is 16.3. The number of hydrogen-bond acceptors (Lipinski definition) is 6. The second kappa shape index (κ2) is 7.90. The van der Waals surface area contributed by atoms with E-state index in [1.54, 1.807) is 32.1 Å². The van der Waals surface area contributed by atoms with Gasteiger partial charge in [-0.3, -0.25) is 0 Å². The third-order valence-electron chi connectivity index (χ3n) is 8.97. The van der Waals surface area contributed by atoms with Gasteiger partial charge < -0.3 is 0 Å². The molecule has 0 aromatic heterocycles. The largest absolute Gasteiger partial charge is 0.0776 e. The lowest BCUT2D eigenvalue weighted by atomic mass is 9.81. The standard InChI is InChI=1S/C11H16S3.C10H16S3/c1-5-2-6-7(3-5)9-4-8(6)10-11(9)13-14-12-10;1-2-3-6-4-7-5-8(6)10-9(7)11-13-12-10/h5-11H,2-4H2,1H3;6-10H,2-5H2,1H3. The van der Waals surface area contributed by atoms with Crippen molar-refractivity contribution in [3.05, 3.63) is 0 Å². The van der Waals surface area contributed by atoms with Crippen molar-refractivity contribution in [3.8, 4) is 0 Å². The molecule has 4 bridgehead atoms. The van der Waals surface area contributed by atoms with Gasteiger partial charge >= 0.3 is 0 Å². The molecule has 5 aliphatic carbocycles. The Kier molecular flexibility index (Phi) is 5.78. The molecular weight excluding hydrogens is 445 g/mol. The average Bonchev–Trinajstić information content (AvgIpc) is 3.41. The first kappa shape index (κ1) is 19.8. The lowest BCUT2D eigenvalue weighted by Gasteiger charge is -2.32. The fraction of sp³-hybridized carbons (Fsp3) is 1.00. The first-order chi connectivity index (χ1) is 13.2. The Labute approximate surface area is 188 Å². The summed E-state index contributed by atoms with van der Waals surface area (Å²) in [4.78, 5) is 0. The van der Waals surface area contributed by atoms with Gasteiger partial charge in [0.05, 0.1) is 0 Å². The van der Waals surface area contributed by atoms with E-state index in [9.17, 15) is 0 Å². The minimum atomic E-state index is 1.03. The molecule has 0 N–H and O–H groups in total. The van der Waals surface area contributed by atoms with E-state index in [4.69, 9.17) is 0 Å². The molecule has 2 saturated heterocycles. The van der Waals surface area contributed by atoms with E-state index >= 15 is 0 Å². The quantitative estimate of drug-likeness (QED) is 0.365. The van der Waals surface area contributed by atoms with Gasteiger partial charge in [-0.25, -0.2) is 0 Å². The summed E-state index contributed by atoms with van der Waals surface area (Å²) in [6.07, 6.45) is 10.7. The number of hydrogen-bond donors (Lipinski definition) is 0. The summed E-state index contributed by atoms with van der Waals surface area (Å²) < 4.78 is 0. The molecule has 7 aliphatic rings. The van der Waals surface area contributed by atoms with E-state index in [0.717, 1.165) is 68.3 Å². The number of rotatable bonds is 2. The Hall–Kier alpha value is 2.10. The highest BCUT2D eigenvalue weighted by Gasteiger charge is 2.62. The van der Waals surface area contributed by atoms with Crippen LogP contribution < -0.4 is 0 Å². The molecule has 11 unspecified atom stereocenters. The van der Waals surface area contributed by atoms with Crippen molar-refractivity contribution in [1.82, 2.24) is 0 Å². The van der Waals surface area contributed by atoms with Crippen molar-refractivity contribution >= 4 is 62.8 Å². The van der Waals surface area contributed by atoms with Crippen LogP contribution in [0.5, 0.6) is 0 Å². The number of fused-ring (bicyclic) bond motifs is 13. The molecule has 2 aliphatic heterocycles. The molecule has 5 saturated carbocycles. The van der Waals surface area contributed by atoms with E-state index in [1.807, 2.05) is 0 Å². The van der Waals surface area contributed by atoms with Crippen molar-refractivity contribution in [1.29, 1.82) is 0 Å². The third kappa shape index (κ3) is 3.22. The summed E-state index contributed by atoms with van der Waals surface area (Å²) >= 11 is 0. The van der Waals surface area contributed by atoms with Crippen molar-refractivity contribution in [3.63, 3.8) is 0 Å². The third-order valence-corrected chi connectivity index (χ3v) is 19.6. The van der Waals surface area contributed by atoms with E-state index in [0.29, 0.717) is 0 Å². The molecule has 0 nitrogen and oxygen atoms in total. The molecule has 152 valence electrons. The van der Waals surface area contributed by atoms with Crippen LogP contribution in [-0.2, 0) is 0 Å². The van der Waals surface area contributed by atoms with E-state index < -0.39 is 0 Å². The molecule has 6 heteroatoms. The molecule has 0 aromatic rings. The van der Waals surface area contributed by atoms with Crippen LogP contribution in [0.15, 0.2) is 0 Å². The topological polar surface area (TPSA) is 0 Å². The zero-order chi connectivity index (χ0) is 18.1. The van der Waals surface area contributed by atoms with Crippen molar-refractivity contribution in [2.24, 2.45) is 47.3 Å². The Balaban J connectivity index is 0.000000109. The maximum Gasteiger partial charge on any atom is 0.0321 e. The van der Waals surface area contributed by atoms with Gasteiger partial charge in [0.25, 0.3) is 0 Å². The molecule has 0 radical (unpaired) electrons. The molecule has 0 amide bonds. The fourth-order valence-electron chi connectivity index (χ4n) is 8.09. The van der Waals surface area contributed by atoms with E-state index in [1.165, 1.54) is 12.8 Å². The molecule has 27 heavy (non-hydrogen) atoms. The van der Waals surface area contributed by atoms with Gasteiger partial charge in [0, 0.05) is 21.0 Å². The van der Waals surface area contributed by atoms with Crippen LogP contribution in [0.4, 0.5) is 0 Å². The van der Waals surface area contributed by atoms with Crippen LogP contribution >= 0.6 is 62.8 Å². The van der Waals surface area contributed by atoms with Crippen LogP contribution in [-0.4, -0.2) is 21.0 Å². The summed E-state index contributed by atoms with van der Waals surface area (Å²) in [6, 6.07) is 0. The Morgan fingerprint density at radius 3 is 1.85 bits per heavy atom. The highest BCUT2D eigenvalue weighted by molar-refractivity contribution is 9.11. The van der Waals surface area contributed by atoms with Crippen LogP contribution in [0.25, 0.3) is 0 Å². The highest BCUT2D eigenvalue weighted by atomic mass is 33.5. The lowest BCUT2D eigenvalue weighted by Crippen LogP contribution is -2.33. The van der Waals surface area contributed by atoms with Gasteiger partial charge in [-0.15, -0.1) is 0 Å². The highest BCUT2D eigenvalue weighted by Crippen LogP contribution is 2.71. The van der Waals surface area contributed by atoms with Gasteiger partial charge in [0.1, 0.15) is 0 Å². The van der Waals surface area contributed by atoms with Crippen molar-refractivity contribution < 1.29 is 0 Å². The van der Waals surface area contributed by atoms with Crippen LogP contribution in [0.3, 0.4) is 0 Å². The summed E-state index contributed by atoms with van der Waals surface area (Å²) in [6.45, 7) is 4.82.